The number of carboxylic acids is 1. The van der Waals surface area contributed by atoms with E-state index in [2.05, 4.69) is 10.1 Å². The molecule has 2 rings (SSSR count). The first-order chi connectivity index (χ1) is 14.0. The summed E-state index contributed by atoms with van der Waals surface area (Å²) in [6.07, 6.45) is 0. The SMILES string of the molecule is O=C(COc1ccccc1)NC1C(=O)N(C(=O)C(=O)O)C1SC(=O)OCC(Cl)(Cl)Cl. The third-order valence-corrected chi connectivity index (χ3v) is 4.81. The molecule has 1 aliphatic rings. The minimum absolute atomic E-state index is 0.278. The lowest BCUT2D eigenvalue weighted by Crippen LogP contribution is -2.72. The number of hydrogen-bond acceptors (Lipinski definition) is 8. The van der Waals surface area contributed by atoms with Crippen LogP contribution >= 0.6 is 46.6 Å². The van der Waals surface area contributed by atoms with Gasteiger partial charge in [-0.2, -0.15) is 0 Å². The molecule has 1 fully saturated rings. The standard InChI is InChI=1S/C16H13Cl3N2O8S/c17-16(18,19)7-29-15(27)30-13-10(11(23)21(13)12(24)14(25)26)20-9(22)6-28-8-4-2-1-3-5-8/h1-5,10,13H,6-7H2,(H,20,22)(H,25,26). The van der Waals surface area contributed by atoms with Crippen LogP contribution < -0.4 is 10.1 Å². The number of para-hydroxylation sites is 1. The Balaban J connectivity index is 2.01. The number of amides is 3. The molecule has 1 aliphatic heterocycles. The minimum Gasteiger partial charge on any atom is -0.484 e. The molecule has 14 heteroatoms. The molecule has 1 aromatic rings. The predicted octanol–water partition coefficient (Wildman–Crippen LogP) is 1.57. The molecule has 2 unspecified atom stereocenters. The van der Waals surface area contributed by atoms with E-state index in [1.807, 2.05) is 0 Å². The molecule has 1 heterocycles. The highest BCUT2D eigenvalue weighted by molar-refractivity contribution is 8.13. The molecule has 162 valence electrons. The lowest BCUT2D eigenvalue weighted by molar-refractivity contribution is -0.168. The Morgan fingerprint density at radius 2 is 1.80 bits per heavy atom. The van der Waals surface area contributed by atoms with Crippen LogP contribution in [0.3, 0.4) is 0 Å². The Hall–Kier alpha value is -2.21. The molecular formula is C16H13Cl3N2O8S. The number of β-lactam (4-membered cyclic amide) rings is 1. The Morgan fingerprint density at radius 1 is 1.17 bits per heavy atom. The van der Waals surface area contributed by atoms with Crippen molar-refractivity contribution in [3.05, 3.63) is 30.3 Å². The van der Waals surface area contributed by atoms with Crippen LogP contribution in [0.25, 0.3) is 0 Å². The van der Waals surface area contributed by atoms with Gasteiger partial charge in [0.2, 0.25) is 3.79 Å². The highest BCUT2D eigenvalue weighted by atomic mass is 35.6. The summed E-state index contributed by atoms with van der Waals surface area (Å²) in [6, 6.07) is 6.96. The van der Waals surface area contributed by atoms with Crippen molar-refractivity contribution in [2.24, 2.45) is 0 Å². The van der Waals surface area contributed by atoms with Crippen molar-refractivity contribution >= 4 is 75.6 Å². The summed E-state index contributed by atoms with van der Waals surface area (Å²) in [7, 11) is 0. The molecule has 2 N–H and O–H groups in total. The van der Waals surface area contributed by atoms with Crippen LogP contribution in [0.2, 0.25) is 0 Å². The summed E-state index contributed by atoms with van der Waals surface area (Å²) >= 11 is 16.7. The molecule has 3 amide bonds. The number of carboxylic acid groups (broad SMARTS) is 1. The van der Waals surface area contributed by atoms with Crippen molar-refractivity contribution < 1.29 is 38.6 Å². The molecule has 0 radical (unpaired) electrons. The fraction of sp³-hybridized carbons (Fsp3) is 0.312. The number of carbonyl (C=O) groups excluding carboxylic acids is 4. The van der Waals surface area contributed by atoms with E-state index < -0.39 is 57.4 Å². The van der Waals surface area contributed by atoms with Crippen LogP contribution in [-0.4, -0.2) is 67.4 Å². The van der Waals surface area contributed by atoms with Gasteiger partial charge in [0.15, 0.2) is 6.61 Å². The third-order valence-electron chi connectivity index (χ3n) is 3.45. The molecule has 2 atom stereocenters. The summed E-state index contributed by atoms with van der Waals surface area (Å²) in [4.78, 5) is 59.1. The van der Waals surface area contributed by atoms with Gasteiger partial charge in [-0.1, -0.05) is 53.0 Å². The van der Waals surface area contributed by atoms with Gasteiger partial charge in [0.25, 0.3) is 11.8 Å². The molecule has 0 aromatic heterocycles. The monoisotopic (exact) mass is 498 g/mol. The number of thioether (sulfide) groups is 1. The maximum Gasteiger partial charge on any atom is 0.395 e. The Bertz CT molecular complexity index is 849. The average Bonchev–Trinajstić information content (AvgIpc) is 2.68. The van der Waals surface area contributed by atoms with Gasteiger partial charge in [0.05, 0.1) is 0 Å². The van der Waals surface area contributed by atoms with Crippen molar-refractivity contribution in [3.8, 4) is 5.75 Å². The number of ether oxygens (including phenoxy) is 2. The van der Waals surface area contributed by atoms with E-state index in [4.69, 9.17) is 44.6 Å². The molecule has 1 aromatic carbocycles. The number of carbonyl (C=O) groups is 5. The zero-order valence-electron chi connectivity index (χ0n) is 14.7. The van der Waals surface area contributed by atoms with Gasteiger partial charge in [-0.3, -0.25) is 19.3 Å². The van der Waals surface area contributed by atoms with Gasteiger partial charge < -0.3 is 19.9 Å². The highest BCUT2D eigenvalue weighted by Crippen LogP contribution is 2.33. The Labute approximate surface area is 188 Å². The summed E-state index contributed by atoms with van der Waals surface area (Å²) in [5, 5.41) is 8.70. The van der Waals surface area contributed by atoms with Gasteiger partial charge in [0, 0.05) is 0 Å². The fourth-order valence-electron chi connectivity index (χ4n) is 2.19. The molecule has 0 bridgehead atoms. The van der Waals surface area contributed by atoms with E-state index in [0.29, 0.717) is 10.6 Å². The van der Waals surface area contributed by atoms with E-state index in [9.17, 15) is 24.0 Å². The first kappa shape index (κ1) is 24.1. The van der Waals surface area contributed by atoms with E-state index in [1.54, 1.807) is 30.3 Å². The number of likely N-dealkylation sites (tertiary alicyclic amines) is 1. The van der Waals surface area contributed by atoms with Crippen LogP contribution in [0.5, 0.6) is 5.75 Å². The lowest BCUT2D eigenvalue weighted by Gasteiger charge is -2.43. The number of aliphatic carboxylic acids is 1. The summed E-state index contributed by atoms with van der Waals surface area (Å²) in [5.74, 6) is -4.84. The molecule has 0 saturated carbocycles. The van der Waals surface area contributed by atoms with Crippen LogP contribution in [-0.2, 0) is 23.9 Å². The van der Waals surface area contributed by atoms with Crippen LogP contribution in [0.1, 0.15) is 0 Å². The van der Waals surface area contributed by atoms with Gasteiger partial charge in [0.1, 0.15) is 23.8 Å². The predicted molar refractivity (Wildman–Crippen MR) is 106 cm³/mol. The first-order valence-corrected chi connectivity index (χ1v) is 9.98. The number of halogens is 3. The van der Waals surface area contributed by atoms with Crippen molar-refractivity contribution in [3.63, 3.8) is 0 Å². The second kappa shape index (κ2) is 10.2. The largest absolute Gasteiger partial charge is 0.484 e. The topological polar surface area (TPSA) is 139 Å². The fourth-order valence-corrected chi connectivity index (χ4v) is 3.30. The van der Waals surface area contributed by atoms with Gasteiger partial charge >= 0.3 is 17.2 Å². The Kier molecular flexibility index (Phi) is 8.18. The third kappa shape index (κ3) is 6.66. The maximum absolute atomic E-state index is 12.2. The molecular weight excluding hydrogens is 487 g/mol. The number of nitrogens with zero attached hydrogens (tertiary/aromatic N) is 1. The quantitative estimate of drug-likeness (QED) is 0.258. The number of imide groups is 1. The van der Waals surface area contributed by atoms with Crippen molar-refractivity contribution in [2.45, 2.75) is 15.2 Å². The minimum atomic E-state index is -1.92. The number of hydrogen-bond donors (Lipinski definition) is 2. The van der Waals surface area contributed by atoms with E-state index >= 15 is 0 Å². The zero-order valence-corrected chi connectivity index (χ0v) is 17.8. The number of nitrogens with one attached hydrogen (secondary N) is 1. The molecule has 0 spiro atoms. The molecule has 30 heavy (non-hydrogen) atoms. The van der Waals surface area contributed by atoms with E-state index in [-0.39, 0.29) is 11.8 Å². The zero-order chi connectivity index (χ0) is 22.5. The maximum atomic E-state index is 12.2. The van der Waals surface area contributed by atoms with Crippen molar-refractivity contribution in [1.29, 1.82) is 0 Å². The Morgan fingerprint density at radius 3 is 2.37 bits per heavy atom. The molecule has 10 nitrogen and oxygen atoms in total. The summed E-state index contributed by atoms with van der Waals surface area (Å²) < 4.78 is 8.03. The average molecular weight is 500 g/mol. The normalized spacial score (nSPS) is 18.2. The van der Waals surface area contributed by atoms with Gasteiger partial charge in [-0.25, -0.2) is 9.59 Å². The second-order valence-corrected chi connectivity index (χ2v) is 9.20. The smallest absolute Gasteiger partial charge is 0.395 e. The van der Waals surface area contributed by atoms with Gasteiger partial charge in [-0.05, 0) is 23.9 Å². The van der Waals surface area contributed by atoms with E-state index in [0.717, 1.165) is 0 Å². The number of alkyl halides is 3. The molecule has 0 aliphatic carbocycles. The molecule has 1 saturated heterocycles. The summed E-state index contributed by atoms with van der Waals surface area (Å²) in [5.41, 5.74) is 0. The number of benzene rings is 1. The first-order valence-electron chi connectivity index (χ1n) is 7.97. The lowest BCUT2D eigenvalue weighted by atomic mass is 10.1. The highest BCUT2D eigenvalue weighted by Gasteiger charge is 2.54. The number of rotatable bonds is 6. The van der Waals surface area contributed by atoms with E-state index in [1.165, 1.54) is 0 Å². The van der Waals surface area contributed by atoms with Crippen LogP contribution in [0.15, 0.2) is 30.3 Å². The van der Waals surface area contributed by atoms with Gasteiger partial charge in [-0.15, -0.1) is 0 Å². The second-order valence-electron chi connectivity index (χ2n) is 5.63. The summed E-state index contributed by atoms with van der Waals surface area (Å²) in [6.45, 7) is -1.09. The van der Waals surface area contributed by atoms with Crippen LogP contribution in [0, 0.1) is 0 Å². The van der Waals surface area contributed by atoms with Crippen LogP contribution in [0.4, 0.5) is 4.79 Å². The van der Waals surface area contributed by atoms with Crippen molar-refractivity contribution in [1.82, 2.24) is 10.2 Å². The van der Waals surface area contributed by atoms with Crippen molar-refractivity contribution in [2.75, 3.05) is 13.2 Å².